The fraction of sp³-hybridized carbons (Fsp3) is 0.595. The van der Waals surface area contributed by atoms with Gasteiger partial charge in [0.25, 0.3) is 0 Å². The zero-order chi connectivity index (χ0) is 45.2. The first-order valence-electron chi connectivity index (χ1n) is 20.5. The first-order chi connectivity index (χ1) is 29.2. The van der Waals surface area contributed by atoms with Gasteiger partial charge in [-0.2, -0.15) is 0 Å². The lowest BCUT2D eigenvalue weighted by Gasteiger charge is -2.22. The normalized spacial score (nSPS) is 16.2. The molecule has 2 aliphatic rings. The van der Waals surface area contributed by atoms with Gasteiger partial charge in [0.15, 0.2) is 20.9 Å². The number of ether oxygens (including phenoxy) is 2. The van der Waals surface area contributed by atoms with Gasteiger partial charge >= 0.3 is 19.5 Å². The van der Waals surface area contributed by atoms with Crippen molar-refractivity contribution in [3.8, 4) is 0 Å². The Hall–Kier alpha value is -3.70. The number of likely N-dealkylation sites (tertiary alicyclic amines) is 2. The second-order valence-corrected chi connectivity index (χ2v) is 17.8. The smallest absolute Gasteiger partial charge is 0.338 e. The molecule has 2 aliphatic heterocycles. The van der Waals surface area contributed by atoms with Crippen LogP contribution in [0.25, 0.3) is 0 Å². The lowest BCUT2D eigenvalue weighted by atomic mass is 10.1. The standard InChI is InChI=1S/C20H26BrNO5.C14H23NO4.C8H10BrO5P/c1-2-26-20(25)7-5-3-4-6-14-22-15(9-13-19(22)24)8-10-16(23)17-11-12-18(21)27-17;1-2-19-14(18)7-5-3-4-6-10-15-12(11-16)8-9-13(15)17;1-12-15(11,13-2)5-6(10)7-3-4-8(9)14-7/h8,10-12,15H,2-7,9,13-14H2,1H3;11-12H,2-10H2,1H3;3-4H,5H2,1-2H3/b10-8+;;/t15-;12-;/m01./s1. The van der Waals surface area contributed by atoms with Crippen LogP contribution in [0.15, 0.2) is 54.6 Å². The van der Waals surface area contributed by atoms with E-state index in [4.69, 9.17) is 18.3 Å². The summed E-state index contributed by atoms with van der Waals surface area (Å²) >= 11 is 6.24. The van der Waals surface area contributed by atoms with E-state index in [0.717, 1.165) is 64.1 Å². The fourth-order valence-electron chi connectivity index (χ4n) is 6.36. The molecule has 19 heteroatoms. The van der Waals surface area contributed by atoms with E-state index >= 15 is 0 Å². The molecule has 61 heavy (non-hydrogen) atoms. The van der Waals surface area contributed by atoms with Crippen LogP contribution in [0.5, 0.6) is 0 Å². The molecule has 0 saturated carbocycles. The van der Waals surface area contributed by atoms with Crippen molar-refractivity contribution in [3.05, 3.63) is 57.3 Å². The third-order valence-corrected chi connectivity index (χ3v) is 12.2. The van der Waals surface area contributed by atoms with Crippen LogP contribution in [-0.2, 0) is 47.1 Å². The van der Waals surface area contributed by atoms with Crippen molar-refractivity contribution >= 4 is 81.1 Å². The number of allylic oxidation sites excluding steroid dienone is 1. The minimum atomic E-state index is -3.32. The summed E-state index contributed by atoms with van der Waals surface area (Å²) in [6, 6.07) is 6.10. The van der Waals surface area contributed by atoms with Crippen LogP contribution in [0.3, 0.4) is 0 Å². The maximum absolute atomic E-state index is 12.1. The summed E-state index contributed by atoms with van der Waals surface area (Å²) in [6.07, 6.45) is 14.3. The molecular formula is C42H59Br2N2O14P. The van der Waals surface area contributed by atoms with Gasteiger partial charge in [-0.1, -0.05) is 31.8 Å². The third-order valence-electron chi connectivity index (χ3n) is 9.60. The van der Waals surface area contributed by atoms with Crippen molar-refractivity contribution in [1.29, 1.82) is 0 Å². The number of nitrogens with zero attached hydrogens (tertiary/aromatic N) is 2. The van der Waals surface area contributed by atoms with Gasteiger partial charge in [-0.3, -0.25) is 33.3 Å². The molecule has 0 N–H and O–H groups in total. The molecule has 0 radical (unpaired) electrons. The summed E-state index contributed by atoms with van der Waals surface area (Å²) in [4.78, 5) is 84.0. The summed E-state index contributed by atoms with van der Waals surface area (Å²) in [5.74, 6) is -0.310. The Balaban J connectivity index is 0.000000331. The number of ketones is 2. The van der Waals surface area contributed by atoms with Crippen molar-refractivity contribution in [2.24, 2.45) is 0 Å². The number of aldehydes is 1. The molecule has 2 saturated heterocycles. The Morgan fingerprint density at radius 3 is 1.62 bits per heavy atom. The Bertz CT molecular complexity index is 1790. The van der Waals surface area contributed by atoms with E-state index in [1.54, 1.807) is 43.0 Å². The number of unbranched alkanes of at least 4 members (excludes halogenated alkanes) is 6. The molecule has 0 aromatic carbocycles. The van der Waals surface area contributed by atoms with Gasteiger partial charge in [0.05, 0.1) is 25.3 Å². The van der Waals surface area contributed by atoms with Gasteiger partial charge in [0.2, 0.25) is 23.4 Å². The molecule has 0 unspecified atom stereocenters. The molecule has 2 fully saturated rings. The monoisotopic (exact) mass is 1000 g/mol. The van der Waals surface area contributed by atoms with Crippen LogP contribution in [-0.4, -0.2) is 110 Å². The van der Waals surface area contributed by atoms with E-state index in [-0.39, 0.29) is 59.3 Å². The van der Waals surface area contributed by atoms with Crippen LogP contribution in [0.2, 0.25) is 0 Å². The Kier molecular flexibility index (Phi) is 25.9. The van der Waals surface area contributed by atoms with Crippen molar-refractivity contribution in [2.75, 3.05) is 46.7 Å². The van der Waals surface area contributed by atoms with Crippen LogP contribution >= 0.6 is 39.5 Å². The minimum absolute atomic E-state index is 0.0422. The Labute approximate surface area is 374 Å². The second-order valence-electron chi connectivity index (χ2n) is 13.9. The molecule has 4 rings (SSSR count). The van der Waals surface area contributed by atoms with E-state index in [2.05, 4.69) is 40.9 Å². The molecule has 2 amide bonds. The molecule has 2 aromatic heterocycles. The maximum Gasteiger partial charge on any atom is 0.338 e. The molecule has 2 atom stereocenters. The van der Waals surface area contributed by atoms with E-state index < -0.39 is 13.4 Å². The van der Waals surface area contributed by atoms with Gasteiger partial charge < -0.3 is 41.9 Å². The van der Waals surface area contributed by atoms with Crippen molar-refractivity contribution < 1.29 is 65.5 Å². The van der Waals surface area contributed by atoms with E-state index in [0.29, 0.717) is 67.7 Å². The van der Waals surface area contributed by atoms with E-state index in [9.17, 15) is 38.1 Å². The van der Waals surface area contributed by atoms with Gasteiger partial charge in [0, 0.05) is 53.0 Å². The van der Waals surface area contributed by atoms with Crippen molar-refractivity contribution in [1.82, 2.24) is 9.80 Å². The first kappa shape index (κ1) is 53.4. The maximum atomic E-state index is 12.1. The quantitative estimate of drug-likeness (QED) is 0.0228. The van der Waals surface area contributed by atoms with Gasteiger partial charge in [-0.15, -0.1) is 0 Å². The number of Topliss-reactive ketones (excluding diaryl/α,β-unsaturated/α-hetero) is 1. The highest BCUT2D eigenvalue weighted by atomic mass is 79.9. The highest BCUT2D eigenvalue weighted by Crippen LogP contribution is 2.46. The fourth-order valence-corrected chi connectivity index (χ4v) is 7.89. The summed E-state index contributed by atoms with van der Waals surface area (Å²) < 4.78 is 41.9. The number of amides is 2. The molecule has 2 aromatic rings. The molecule has 0 aliphatic carbocycles. The SMILES string of the molecule is CCOC(=O)CCCCCCN1C(=O)CC[C@@H]1/C=C/C(=O)c1ccc(Br)o1.CCOC(=O)CCCCCCN1C(=O)CC[C@@H]1C=O.COP(=O)(CC(=O)c1ccc(Br)o1)OC. The number of carbonyl (C=O) groups excluding carboxylic acids is 7. The average Bonchev–Trinajstić information content (AvgIpc) is 4.05. The van der Waals surface area contributed by atoms with E-state index in [1.807, 2.05) is 4.90 Å². The summed E-state index contributed by atoms with van der Waals surface area (Å²) in [5, 5.41) is 0. The lowest BCUT2D eigenvalue weighted by molar-refractivity contribution is -0.144. The summed E-state index contributed by atoms with van der Waals surface area (Å²) in [5.41, 5.74) is 0. The van der Waals surface area contributed by atoms with Gasteiger partial charge in [-0.25, -0.2) is 0 Å². The molecule has 0 spiro atoms. The van der Waals surface area contributed by atoms with Gasteiger partial charge in [-0.05, 0) is 115 Å². The zero-order valence-electron chi connectivity index (χ0n) is 35.4. The zero-order valence-corrected chi connectivity index (χ0v) is 39.5. The van der Waals surface area contributed by atoms with Crippen LogP contribution in [0.4, 0.5) is 0 Å². The lowest BCUT2D eigenvalue weighted by Crippen LogP contribution is -2.34. The topological polar surface area (TPSA) is 206 Å². The number of furan rings is 2. The van der Waals surface area contributed by atoms with Crippen LogP contribution in [0.1, 0.15) is 125 Å². The Morgan fingerprint density at radius 1 is 0.721 bits per heavy atom. The number of rotatable bonds is 25. The predicted molar refractivity (Wildman–Crippen MR) is 232 cm³/mol. The highest BCUT2D eigenvalue weighted by Gasteiger charge is 2.31. The molecule has 4 heterocycles. The average molecular weight is 1010 g/mol. The number of carbonyl (C=O) groups is 7. The molecule has 340 valence electrons. The molecule has 0 bridgehead atoms. The third kappa shape index (κ3) is 20.4. The predicted octanol–water partition coefficient (Wildman–Crippen LogP) is 8.69. The minimum Gasteiger partial charge on any atom is -0.466 e. The number of hydrogen-bond donors (Lipinski definition) is 0. The number of hydrogen-bond acceptors (Lipinski definition) is 14. The van der Waals surface area contributed by atoms with E-state index in [1.165, 1.54) is 26.4 Å². The van der Waals surface area contributed by atoms with Crippen molar-refractivity contribution in [2.45, 2.75) is 116 Å². The Morgan fingerprint density at radius 2 is 1.18 bits per heavy atom. The summed E-state index contributed by atoms with van der Waals surface area (Å²) in [7, 11) is -0.855. The number of esters is 2. The molecular weight excluding hydrogens is 947 g/mol. The molecule has 16 nitrogen and oxygen atoms in total. The van der Waals surface area contributed by atoms with Crippen molar-refractivity contribution in [3.63, 3.8) is 0 Å². The largest absolute Gasteiger partial charge is 0.466 e. The highest BCUT2D eigenvalue weighted by molar-refractivity contribution is 9.10. The first-order valence-corrected chi connectivity index (χ1v) is 23.8. The number of halogens is 2. The summed E-state index contributed by atoms with van der Waals surface area (Å²) in [6.45, 7) is 5.79. The second kappa shape index (κ2) is 29.6. The van der Waals surface area contributed by atoms with Crippen LogP contribution < -0.4 is 0 Å². The van der Waals surface area contributed by atoms with Crippen LogP contribution in [0, 0.1) is 0 Å². The van der Waals surface area contributed by atoms with Gasteiger partial charge in [0.1, 0.15) is 12.4 Å².